The quantitative estimate of drug-likeness (QED) is 0.325. The first-order valence-corrected chi connectivity index (χ1v) is 10.1. The van der Waals surface area contributed by atoms with Gasteiger partial charge in [0.25, 0.3) is 0 Å². The van der Waals surface area contributed by atoms with Crippen LogP contribution in [0.2, 0.25) is 0 Å². The molecule has 2 heteroatoms. The molecule has 2 aromatic carbocycles. The highest BCUT2D eigenvalue weighted by Gasteiger charge is 2.18. The van der Waals surface area contributed by atoms with Gasteiger partial charge in [0.15, 0.2) is 0 Å². The van der Waals surface area contributed by atoms with Gasteiger partial charge in [0.05, 0.1) is 6.04 Å². The number of benzene rings is 2. The molecule has 0 radical (unpaired) electrons. The van der Waals surface area contributed by atoms with Crippen LogP contribution in [0.5, 0.6) is 0 Å². The van der Waals surface area contributed by atoms with Crippen LogP contribution in [0.1, 0.15) is 63.0 Å². The van der Waals surface area contributed by atoms with Crippen LogP contribution in [-0.2, 0) is 17.9 Å². The number of nitrogens with zero attached hydrogens (tertiary/aromatic N) is 1. The predicted octanol–water partition coefficient (Wildman–Crippen LogP) is 6.01. The second-order valence-corrected chi connectivity index (χ2v) is 7.14. The minimum atomic E-state index is -0.0124. The maximum atomic E-state index is 11.9. The van der Waals surface area contributed by atoms with Crippen molar-refractivity contribution in [3.63, 3.8) is 0 Å². The van der Waals surface area contributed by atoms with Crippen molar-refractivity contribution in [2.45, 2.75) is 71.0 Å². The van der Waals surface area contributed by atoms with Gasteiger partial charge in [-0.1, -0.05) is 106 Å². The third-order valence-corrected chi connectivity index (χ3v) is 4.94. The van der Waals surface area contributed by atoms with Crippen molar-refractivity contribution in [2.75, 3.05) is 0 Å². The highest BCUT2D eigenvalue weighted by atomic mass is 16.1. The summed E-state index contributed by atoms with van der Waals surface area (Å²) >= 11 is 0. The Balaban J connectivity index is 1.96. The lowest BCUT2D eigenvalue weighted by molar-refractivity contribution is -0.113. The largest absolute Gasteiger partial charge is 0.302 e. The van der Waals surface area contributed by atoms with E-state index >= 15 is 0 Å². The van der Waals surface area contributed by atoms with Gasteiger partial charge in [-0.3, -0.25) is 4.90 Å². The zero-order valence-electron chi connectivity index (χ0n) is 16.1. The van der Waals surface area contributed by atoms with Crippen molar-refractivity contribution in [1.82, 2.24) is 4.90 Å². The summed E-state index contributed by atoms with van der Waals surface area (Å²) in [5.74, 6) is 0. The molecule has 0 saturated heterocycles. The fourth-order valence-corrected chi connectivity index (χ4v) is 3.40. The third kappa shape index (κ3) is 7.53. The zero-order valence-corrected chi connectivity index (χ0v) is 16.1. The molecule has 1 atom stereocenters. The molecular weight excluding hydrogens is 318 g/mol. The van der Waals surface area contributed by atoms with Crippen LogP contribution in [0.3, 0.4) is 0 Å². The van der Waals surface area contributed by atoms with E-state index in [2.05, 4.69) is 60.4 Å². The van der Waals surface area contributed by atoms with E-state index in [1.165, 1.54) is 43.2 Å². The van der Waals surface area contributed by atoms with Gasteiger partial charge in [0.2, 0.25) is 0 Å². The molecule has 2 rings (SSSR count). The molecule has 0 heterocycles. The van der Waals surface area contributed by atoms with E-state index in [9.17, 15) is 4.79 Å². The summed E-state index contributed by atoms with van der Waals surface area (Å²) in [7, 11) is 0. The second kappa shape index (κ2) is 12.4. The van der Waals surface area contributed by atoms with Crippen molar-refractivity contribution < 1.29 is 4.79 Å². The first-order chi connectivity index (χ1) is 12.8. The van der Waals surface area contributed by atoms with Crippen LogP contribution in [0.15, 0.2) is 60.7 Å². The van der Waals surface area contributed by atoms with Crippen LogP contribution in [0.25, 0.3) is 0 Å². The fourth-order valence-electron chi connectivity index (χ4n) is 3.40. The van der Waals surface area contributed by atoms with Gasteiger partial charge in [-0.2, -0.15) is 0 Å². The first-order valence-electron chi connectivity index (χ1n) is 10.1. The molecule has 0 saturated carbocycles. The molecule has 0 spiro atoms. The Kier molecular flexibility index (Phi) is 9.74. The van der Waals surface area contributed by atoms with Crippen molar-refractivity contribution in [2.24, 2.45) is 0 Å². The Morgan fingerprint density at radius 2 is 1.27 bits per heavy atom. The predicted molar refractivity (Wildman–Crippen MR) is 110 cm³/mol. The van der Waals surface area contributed by atoms with E-state index < -0.39 is 0 Å². The van der Waals surface area contributed by atoms with Crippen LogP contribution >= 0.6 is 0 Å². The molecule has 0 aliphatic heterocycles. The summed E-state index contributed by atoms with van der Waals surface area (Å²) in [6, 6.07) is 20.9. The van der Waals surface area contributed by atoms with Crippen LogP contribution in [-0.4, -0.2) is 17.2 Å². The maximum Gasteiger partial charge on any atom is 0.137 e. The van der Waals surface area contributed by atoms with Crippen LogP contribution in [0, 0.1) is 0 Å². The monoisotopic (exact) mass is 351 g/mol. The first kappa shape index (κ1) is 20.4. The van der Waals surface area contributed by atoms with E-state index in [-0.39, 0.29) is 6.04 Å². The molecule has 0 N–H and O–H groups in total. The number of carbonyl (C=O) groups is 1. The van der Waals surface area contributed by atoms with E-state index in [0.717, 1.165) is 32.2 Å². The average molecular weight is 352 g/mol. The highest BCUT2D eigenvalue weighted by molar-refractivity contribution is 5.57. The lowest BCUT2D eigenvalue weighted by Crippen LogP contribution is -2.35. The Labute approximate surface area is 159 Å². The maximum absolute atomic E-state index is 11.9. The zero-order chi connectivity index (χ0) is 18.5. The molecule has 0 unspecified atom stereocenters. The molecule has 26 heavy (non-hydrogen) atoms. The van der Waals surface area contributed by atoms with Gasteiger partial charge in [0.1, 0.15) is 6.29 Å². The lowest BCUT2D eigenvalue weighted by atomic mass is 10.0. The number of hydrogen-bond acceptors (Lipinski definition) is 2. The minimum Gasteiger partial charge on any atom is -0.302 e. The number of rotatable bonds is 13. The average Bonchev–Trinajstić information content (AvgIpc) is 2.69. The van der Waals surface area contributed by atoms with Crippen molar-refractivity contribution in [3.05, 3.63) is 71.8 Å². The van der Waals surface area contributed by atoms with E-state index in [1.54, 1.807) is 0 Å². The lowest BCUT2D eigenvalue weighted by Gasteiger charge is -2.28. The smallest absolute Gasteiger partial charge is 0.137 e. The van der Waals surface area contributed by atoms with Crippen molar-refractivity contribution >= 4 is 6.29 Å². The van der Waals surface area contributed by atoms with Gasteiger partial charge in [-0.05, 0) is 17.5 Å². The number of aldehydes is 1. The molecule has 0 aliphatic rings. The molecular formula is C24H33NO. The molecule has 0 bridgehead atoms. The summed E-state index contributed by atoms with van der Waals surface area (Å²) in [5, 5.41) is 0. The van der Waals surface area contributed by atoms with Gasteiger partial charge in [-0.15, -0.1) is 0 Å². The third-order valence-electron chi connectivity index (χ3n) is 4.94. The van der Waals surface area contributed by atoms with Crippen molar-refractivity contribution in [3.8, 4) is 0 Å². The molecule has 0 amide bonds. The summed E-state index contributed by atoms with van der Waals surface area (Å²) < 4.78 is 0. The fraction of sp³-hybridized carbons (Fsp3) is 0.458. The molecule has 2 nitrogen and oxygen atoms in total. The molecule has 0 aromatic heterocycles. The van der Waals surface area contributed by atoms with Gasteiger partial charge in [0, 0.05) is 13.1 Å². The number of carbonyl (C=O) groups excluding carboxylic acids is 1. The van der Waals surface area contributed by atoms with Crippen LogP contribution in [0.4, 0.5) is 0 Å². The molecule has 0 aliphatic carbocycles. The topological polar surface area (TPSA) is 20.3 Å². The Hall–Kier alpha value is -1.93. The molecule has 140 valence electrons. The second-order valence-electron chi connectivity index (χ2n) is 7.14. The summed E-state index contributed by atoms with van der Waals surface area (Å²) in [6.45, 7) is 3.87. The summed E-state index contributed by atoms with van der Waals surface area (Å²) in [6.07, 6.45) is 9.68. The summed E-state index contributed by atoms with van der Waals surface area (Å²) in [4.78, 5) is 14.2. The van der Waals surface area contributed by atoms with Gasteiger partial charge in [-0.25, -0.2) is 0 Å². The van der Waals surface area contributed by atoms with Gasteiger partial charge >= 0.3 is 0 Å². The Morgan fingerprint density at radius 3 is 1.77 bits per heavy atom. The standard InChI is InChI=1S/C24H33NO/c1-2-3-4-5-6-13-18-24(21-26)25(19-22-14-9-7-10-15-22)20-23-16-11-8-12-17-23/h7-12,14-17,21,24H,2-6,13,18-20H2,1H3/t24-/m0/s1. The summed E-state index contributed by atoms with van der Waals surface area (Å²) in [5.41, 5.74) is 2.52. The number of hydrogen-bond donors (Lipinski definition) is 0. The number of unbranched alkanes of at least 4 members (excludes halogenated alkanes) is 5. The molecule has 0 fully saturated rings. The highest BCUT2D eigenvalue weighted by Crippen LogP contribution is 2.17. The van der Waals surface area contributed by atoms with Gasteiger partial charge < -0.3 is 4.79 Å². The Morgan fingerprint density at radius 1 is 0.769 bits per heavy atom. The van der Waals surface area contributed by atoms with E-state index in [1.807, 2.05) is 12.1 Å². The van der Waals surface area contributed by atoms with Crippen LogP contribution < -0.4 is 0 Å². The molecule has 2 aromatic rings. The SMILES string of the molecule is CCCCCCCC[C@@H](C=O)N(Cc1ccccc1)Cc1ccccc1. The van der Waals surface area contributed by atoms with Crippen molar-refractivity contribution in [1.29, 1.82) is 0 Å². The van der Waals surface area contributed by atoms with E-state index in [0.29, 0.717) is 0 Å². The normalized spacial score (nSPS) is 12.2. The van der Waals surface area contributed by atoms with E-state index in [4.69, 9.17) is 0 Å². The minimum absolute atomic E-state index is 0.0124. The Bertz CT molecular complexity index is 555.